The fourth-order valence-electron chi connectivity index (χ4n) is 1.92. The molecule has 2 rings (SSSR count). The van der Waals surface area contributed by atoms with Crippen molar-refractivity contribution < 1.29 is 0 Å². The highest BCUT2D eigenvalue weighted by Gasteiger charge is 2.01. The monoisotopic (exact) mass is 520 g/mol. The van der Waals surface area contributed by atoms with Gasteiger partial charge in [-0.3, -0.25) is 0 Å². The predicted molar refractivity (Wildman–Crippen MR) is 111 cm³/mol. The summed E-state index contributed by atoms with van der Waals surface area (Å²) in [6.45, 7) is 2.04. The number of hydrogen-bond donors (Lipinski definition) is 0. The van der Waals surface area contributed by atoms with E-state index in [1.165, 1.54) is 20.3 Å². The molecule has 2 aromatic carbocycles. The summed E-state index contributed by atoms with van der Waals surface area (Å²) in [5.41, 5.74) is 4.88. The van der Waals surface area contributed by atoms with Gasteiger partial charge >= 0.3 is 0 Å². The van der Waals surface area contributed by atoms with Crippen molar-refractivity contribution in [3.8, 4) is 0 Å². The lowest BCUT2D eigenvalue weighted by Crippen LogP contribution is -1.85. The first-order chi connectivity index (χ1) is 10.1. The molecular weight excluding hydrogens is 505 g/mol. The molecule has 0 N–H and O–H groups in total. The molecule has 0 spiro atoms. The number of allylic oxidation sites excluding steroid dienone is 2. The van der Waals surface area contributed by atoms with Crippen LogP contribution in [-0.2, 0) is 6.42 Å². The molecule has 0 nitrogen and oxygen atoms in total. The zero-order valence-electron chi connectivity index (χ0n) is 11.6. The van der Waals surface area contributed by atoms with Crippen molar-refractivity contribution in [2.24, 2.45) is 0 Å². The quantitative estimate of drug-likeness (QED) is 0.379. The molecule has 0 unspecified atom stereocenters. The Kier molecular flexibility index (Phi) is 6.76. The van der Waals surface area contributed by atoms with Gasteiger partial charge in [0.25, 0.3) is 0 Å². The van der Waals surface area contributed by atoms with E-state index in [0.29, 0.717) is 0 Å². The Labute approximate surface area is 158 Å². The summed E-state index contributed by atoms with van der Waals surface area (Å²) in [7, 11) is 0. The zero-order chi connectivity index (χ0) is 15.2. The Balaban J connectivity index is 2.09. The fourth-order valence-corrected chi connectivity index (χ4v) is 2.92. The van der Waals surface area contributed by atoms with Gasteiger partial charge in [0.15, 0.2) is 0 Å². The normalized spacial score (nSPS) is 13.0. The van der Waals surface area contributed by atoms with Crippen molar-refractivity contribution in [2.45, 2.75) is 13.3 Å². The molecule has 2 aromatic rings. The predicted octanol–water partition coefficient (Wildman–Crippen LogP) is 7.07. The molecule has 0 bridgehead atoms. The molecule has 0 aliphatic heterocycles. The highest BCUT2D eigenvalue weighted by molar-refractivity contribution is 14.1. The van der Waals surface area contributed by atoms with Crippen LogP contribution in [0.3, 0.4) is 0 Å². The molecule has 21 heavy (non-hydrogen) atoms. The number of rotatable bonds is 4. The molecule has 0 saturated carbocycles. The minimum absolute atomic E-state index is 0.818. The van der Waals surface area contributed by atoms with Crippen LogP contribution in [0.1, 0.15) is 23.6 Å². The van der Waals surface area contributed by atoms with Gasteiger partial charge in [-0.1, -0.05) is 72.3 Å². The van der Waals surface area contributed by atoms with Crippen molar-refractivity contribution in [1.82, 2.24) is 0 Å². The number of hydrogen-bond acceptors (Lipinski definition) is 0. The van der Waals surface area contributed by atoms with Crippen molar-refractivity contribution in [3.63, 3.8) is 0 Å². The van der Waals surface area contributed by atoms with Crippen LogP contribution in [0, 0.1) is 0 Å². The SMILES string of the molecule is C/C(=C(/Cl)I)c1ccc(C/C=C(\I)c2ccccc2)cc1. The van der Waals surface area contributed by atoms with Gasteiger partial charge in [-0.2, -0.15) is 0 Å². The van der Waals surface area contributed by atoms with Gasteiger partial charge in [-0.05, 0) is 80.8 Å². The van der Waals surface area contributed by atoms with Gasteiger partial charge in [-0.25, -0.2) is 0 Å². The molecule has 3 heteroatoms. The lowest BCUT2D eigenvalue weighted by atomic mass is 10.0. The Morgan fingerprint density at radius 2 is 1.57 bits per heavy atom. The Morgan fingerprint density at radius 3 is 2.14 bits per heavy atom. The van der Waals surface area contributed by atoms with Gasteiger partial charge in [0.2, 0.25) is 0 Å². The molecule has 0 aromatic heterocycles. The molecule has 0 atom stereocenters. The molecular formula is C18H15ClI2. The van der Waals surface area contributed by atoms with E-state index in [1.54, 1.807) is 0 Å². The van der Waals surface area contributed by atoms with Gasteiger partial charge in [0.1, 0.15) is 0 Å². The molecule has 0 aliphatic carbocycles. The first-order valence-corrected chi connectivity index (χ1v) is 9.13. The van der Waals surface area contributed by atoms with Gasteiger partial charge in [0, 0.05) is 3.58 Å². The summed E-state index contributed by atoms with van der Waals surface area (Å²) in [5.74, 6) is 0. The summed E-state index contributed by atoms with van der Waals surface area (Å²) >= 11 is 10.6. The third-order valence-electron chi connectivity index (χ3n) is 3.24. The summed E-state index contributed by atoms with van der Waals surface area (Å²) < 4.78 is 2.10. The fraction of sp³-hybridized carbons (Fsp3) is 0.111. The van der Waals surface area contributed by atoms with E-state index in [9.17, 15) is 0 Å². The second-order valence-electron chi connectivity index (χ2n) is 4.70. The first kappa shape index (κ1) is 17.0. The topological polar surface area (TPSA) is 0 Å². The van der Waals surface area contributed by atoms with E-state index in [4.69, 9.17) is 11.6 Å². The van der Waals surface area contributed by atoms with E-state index in [-0.39, 0.29) is 0 Å². The van der Waals surface area contributed by atoms with Crippen LogP contribution in [0.25, 0.3) is 9.15 Å². The maximum absolute atomic E-state index is 6.03. The highest BCUT2D eigenvalue weighted by Crippen LogP contribution is 2.26. The third kappa shape index (κ3) is 5.11. The van der Waals surface area contributed by atoms with Crippen molar-refractivity contribution in [1.29, 1.82) is 0 Å². The number of halogens is 3. The largest absolute Gasteiger partial charge is 0.0824 e. The highest BCUT2D eigenvalue weighted by atomic mass is 127. The molecule has 0 radical (unpaired) electrons. The van der Waals surface area contributed by atoms with Crippen LogP contribution >= 0.6 is 56.8 Å². The van der Waals surface area contributed by atoms with Crippen LogP contribution in [-0.4, -0.2) is 0 Å². The maximum atomic E-state index is 6.03. The van der Waals surface area contributed by atoms with E-state index in [1.807, 2.05) is 13.0 Å². The Morgan fingerprint density at radius 1 is 0.952 bits per heavy atom. The van der Waals surface area contributed by atoms with Gasteiger partial charge < -0.3 is 0 Å². The lowest BCUT2D eigenvalue weighted by Gasteiger charge is -2.04. The third-order valence-corrected chi connectivity index (χ3v) is 5.39. The molecule has 0 amide bonds. The molecule has 0 saturated heterocycles. The van der Waals surface area contributed by atoms with Crippen LogP contribution in [0.5, 0.6) is 0 Å². The second-order valence-corrected chi connectivity index (χ2v) is 7.96. The Hall–Kier alpha value is -0.330. The van der Waals surface area contributed by atoms with E-state index < -0.39 is 0 Å². The summed E-state index contributed by atoms with van der Waals surface area (Å²) in [6, 6.07) is 19.1. The van der Waals surface area contributed by atoms with Crippen LogP contribution in [0.2, 0.25) is 0 Å². The van der Waals surface area contributed by atoms with Crippen molar-refractivity contribution >= 4 is 65.9 Å². The Bertz CT molecular complexity index is 651. The average Bonchev–Trinajstić information content (AvgIpc) is 2.53. The minimum Gasteiger partial charge on any atom is -0.0769 e. The summed E-state index contributed by atoms with van der Waals surface area (Å²) in [5, 5.41) is 0. The summed E-state index contributed by atoms with van der Waals surface area (Å²) in [6.07, 6.45) is 3.20. The van der Waals surface area contributed by atoms with Crippen molar-refractivity contribution in [2.75, 3.05) is 0 Å². The molecule has 0 fully saturated rings. The average molecular weight is 521 g/mol. The van der Waals surface area contributed by atoms with Crippen molar-refractivity contribution in [3.05, 3.63) is 80.4 Å². The zero-order valence-corrected chi connectivity index (χ0v) is 16.7. The first-order valence-electron chi connectivity index (χ1n) is 6.60. The van der Waals surface area contributed by atoms with Crippen LogP contribution in [0.4, 0.5) is 0 Å². The van der Waals surface area contributed by atoms with Gasteiger partial charge in [-0.15, -0.1) is 0 Å². The standard InChI is InChI=1S/C18H15ClI2/c1-13(18(19)21)15-10-7-14(8-11-15)9-12-17(20)16-5-3-2-4-6-16/h2-8,10-12H,9H2,1H3/b17-12-,18-13+. The lowest BCUT2D eigenvalue weighted by molar-refractivity contribution is 1.27. The van der Waals surface area contributed by atoms with Crippen LogP contribution in [0.15, 0.2) is 63.7 Å². The van der Waals surface area contributed by atoms with E-state index in [2.05, 4.69) is 99.8 Å². The molecule has 0 heterocycles. The summed E-state index contributed by atoms with van der Waals surface area (Å²) in [4.78, 5) is 0. The maximum Gasteiger partial charge on any atom is 0.0824 e. The van der Waals surface area contributed by atoms with E-state index in [0.717, 1.165) is 15.0 Å². The molecule has 0 aliphatic rings. The number of benzene rings is 2. The van der Waals surface area contributed by atoms with Crippen LogP contribution < -0.4 is 0 Å². The second kappa shape index (κ2) is 8.34. The van der Waals surface area contributed by atoms with Gasteiger partial charge in [0.05, 0.1) is 3.04 Å². The smallest absolute Gasteiger partial charge is 0.0769 e. The van der Waals surface area contributed by atoms with E-state index >= 15 is 0 Å². The minimum atomic E-state index is 0.818. The molecule has 108 valence electrons.